The molecule has 0 saturated heterocycles. The van der Waals surface area contributed by atoms with Crippen molar-refractivity contribution >= 4 is 34.5 Å². The van der Waals surface area contributed by atoms with Gasteiger partial charge in [0.05, 0.1) is 5.69 Å². The van der Waals surface area contributed by atoms with Crippen molar-refractivity contribution in [1.82, 2.24) is 5.01 Å². The second kappa shape index (κ2) is 4.59. The molecule has 1 aromatic carbocycles. The predicted molar refractivity (Wildman–Crippen MR) is 64.6 cm³/mol. The number of nitrogens with zero attached hydrogens (tertiary/aromatic N) is 1. The normalized spacial score (nSPS) is 10.3. The third-order valence-electron chi connectivity index (χ3n) is 1.59. The van der Waals surface area contributed by atoms with Gasteiger partial charge in [-0.1, -0.05) is 23.8 Å². The maximum atomic E-state index is 5.86. The molecule has 3 nitrogen and oxygen atoms in total. The molecule has 0 aliphatic carbocycles. The standard InChI is InChI=1S/C9H12ClN3S/c1-13(2)12-8-5-6(10)3-4-7(8)9(11)14/h3-5,12H,1-2H3,(H2,11,14). The molecule has 0 fully saturated rings. The van der Waals surface area contributed by atoms with Crippen LogP contribution in [0, 0.1) is 0 Å². The van der Waals surface area contributed by atoms with Crippen LogP contribution in [0.2, 0.25) is 5.02 Å². The molecule has 0 aliphatic rings. The molecule has 0 heterocycles. The van der Waals surface area contributed by atoms with E-state index >= 15 is 0 Å². The van der Waals surface area contributed by atoms with Gasteiger partial charge in [0.2, 0.25) is 0 Å². The molecule has 14 heavy (non-hydrogen) atoms. The lowest BCUT2D eigenvalue weighted by molar-refractivity contribution is 0.495. The lowest BCUT2D eigenvalue weighted by Gasteiger charge is -2.16. The summed E-state index contributed by atoms with van der Waals surface area (Å²) in [5, 5.41) is 2.45. The highest BCUT2D eigenvalue weighted by molar-refractivity contribution is 7.80. The van der Waals surface area contributed by atoms with Crippen molar-refractivity contribution in [2.75, 3.05) is 19.5 Å². The molecule has 0 saturated carbocycles. The average Bonchev–Trinajstić information content (AvgIpc) is 2.01. The van der Waals surface area contributed by atoms with E-state index < -0.39 is 0 Å². The molecule has 0 aliphatic heterocycles. The third kappa shape index (κ3) is 2.83. The van der Waals surface area contributed by atoms with Crippen molar-refractivity contribution in [2.24, 2.45) is 5.73 Å². The fraction of sp³-hybridized carbons (Fsp3) is 0.222. The molecule has 0 amide bonds. The van der Waals surface area contributed by atoms with Crippen LogP contribution in [-0.2, 0) is 0 Å². The Balaban J connectivity index is 3.09. The predicted octanol–water partition coefficient (Wildman–Crippen LogP) is 1.86. The molecule has 0 atom stereocenters. The van der Waals surface area contributed by atoms with Crippen LogP contribution in [0.3, 0.4) is 0 Å². The van der Waals surface area contributed by atoms with Crippen LogP contribution in [0.5, 0.6) is 0 Å². The van der Waals surface area contributed by atoms with Crippen molar-refractivity contribution < 1.29 is 0 Å². The molecule has 1 rings (SSSR count). The first kappa shape index (κ1) is 11.2. The van der Waals surface area contributed by atoms with Crippen molar-refractivity contribution in [2.45, 2.75) is 0 Å². The van der Waals surface area contributed by atoms with Gasteiger partial charge < -0.3 is 11.2 Å². The zero-order valence-electron chi connectivity index (χ0n) is 8.04. The minimum atomic E-state index is 0.353. The number of rotatable bonds is 3. The summed E-state index contributed by atoms with van der Waals surface area (Å²) in [5.41, 5.74) is 10.3. The summed E-state index contributed by atoms with van der Waals surface area (Å²) in [6.07, 6.45) is 0. The number of halogens is 1. The zero-order chi connectivity index (χ0) is 10.7. The number of hydrogen-bond donors (Lipinski definition) is 2. The molecular weight excluding hydrogens is 218 g/mol. The van der Waals surface area contributed by atoms with Crippen LogP contribution in [-0.4, -0.2) is 24.1 Å². The van der Waals surface area contributed by atoms with E-state index in [1.54, 1.807) is 23.2 Å². The first-order valence-corrected chi connectivity index (χ1v) is 4.82. The summed E-state index contributed by atoms with van der Waals surface area (Å²) in [6, 6.07) is 5.35. The van der Waals surface area contributed by atoms with E-state index in [9.17, 15) is 0 Å². The molecule has 76 valence electrons. The largest absolute Gasteiger partial charge is 0.389 e. The zero-order valence-corrected chi connectivity index (χ0v) is 9.62. The SMILES string of the molecule is CN(C)Nc1cc(Cl)ccc1C(N)=S. The minimum Gasteiger partial charge on any atom is -0.389 e. The van der Waals surface area contributed by atoms with Crippen LogP contribution >= 0.6 is 23.8 Å². The van der Waals surface area contributed by atoms with Gasteiger partial charge in [-0.05, 0) is 18.2 Å². The van der Waals surface area contributed by atoms with Gasteiger partial charge in [-0.25, -0.2) is 5.01 Å². The van der Waals surface area contributed by atoms with E-state index in [0.29, 0.717) is 10.0 Å². The Morgan fingerprint density at radius 2 is 2.14 bits per heavy atom. The highest BCUT2D eigenvalue weighted by Crippen LogP contribution is 2.21. The monoisotopic (exact) mass is 229 g/mol. The fourth-order valence-corrected chi connectivity index (χ4v) is 1.41. The second-order valence-electron chi connectivity index (χ2n) is 3.06. The molecule has 0 aromatic heterocycles. The van der Waals surface area contributed by atoms with E-state index in [4.69, 9.17) is 29.6 Å². The van der Waals surface area contributed by atoms with Crippen LogP contribution < -0.4 is 11.2 Å². The van der Waals surface area contributed by atoms with E-state index in [0.717, 1.165) is 11.3 Å². The summed E-state index contributed by atoms with van der Waals surface area (Å²) in [4.78, 5) is 0.353. The highest BCUT2D eigenvalue weighted by Gasteiger charge is 2.05. The van der Waals surface area contributed by atoms with Crippen LogP contribution in [0.25, 0.3) is 0 Å². The number of nitrogens with two attached hydrogens (primary N) is 1. The molecule has 0 bridgehead atoms. The van der Waals surface area contributed by atoms with E-state index in [1.165, 1.54) is 0 Å². The van der Waals surface area contributed by atoms with Crippen molar-refractivity contribution in [3.8, 4) is 0 Å². The molecule has 1 aromatic rings. The topological polar surface area (TPSA) is 41.3 Å². The smallest absolute Gasteiger partial charge is 0.106 e. The lowest BCUT2D eigenvalue weighted by Crippen LogP contribution is -2.22. The summed E-state index contributed by atoms with van der Waals surface area (Å²) in [5.74, 6) is 0. The lowest BCUT2D eigenvalue weighted by atomic mass is 10.2. The van der Waals surface area contributed by atoms with Crippen molar-refractivity contribution in [3.63, 3.8) is 0 Å². The molecule has 5 heteroatoms. The first-order chi connectivity index (χ1) is 6.50. The summed E-state index contributed by atoms with van der Waals surface area (Å²) < 4.78 is 0. The Morgan fingerprint density at radius 3 is 2.64 bits per heavy atom. The summed E-state index contributed by atoms with van der Waals surface area (Å²) >= 11 is 10.8. The van der Waals surface area contributed by atoms with Crippen LogP contribution in [0.4, 0.5) is 5.69 Å². The quantitative estimate of drug-likeness (QED) is 0.613. The fourth-order valence-electron chi connectivity index (χ4n) is 1.06. The van der Waals surface area contributed by atoms with E-state index in [1.807, 2.05) is 14.1 Å². The van der Waals surface area contributed by atoms with Gasteiger partial charge in [0.25, 0.3) is 0 Å². The van der Waals surface area contributed by atoms with Crippen molar-refractivity contribution in [3.05, 3.63) is 28.8 Å². The Kier molecular flexibility index (Phi) is 3.69. The minimum absolute atomic E-state index is 0.353. The Morgan fingerprint density at radius 1 is 1.50 bits per heavy atom. The number of hydrazine groups is 1. The average molecular weight is 230 g/mol. The Labute approximate surface area is 93.8 Å². The highest BCUT2D eigenvalue weighted by atomic mass is 35.5. The van der Waals surface area contributed by atoms with Gasteiger partial charge in [-0.2, -0.15) is 0 Å². The van der Waals surface area contributed by atoms with Crippen LogP contribution in [0.15, 0.2) is 18.2 Å². The molecule has 3 N–H and O–H groups in total. The maximum Gasteiger partial charge on any atom is 0.106 e. The number of benzene rings is 1. The molecule has 0 spiro atoms. The number of thiocarbonyl (C=S) groups is 1. The molecule has 0 unspecified atom stereocenters. The van der Waals surface area contributed by atoms with Crippen molar-refractivity contribution in [1.29, 1.82) is 0 Å². The Bertz CT molecular complexity index is 352. The van der Waals surface area contributed by atoms with E-state index in [-0.39, 0.29) is 0 Å². The van der Waals surface area contributed by atoms with Gasteiger partial charge in [0.1, 0.15) is 4.99 Å². The Hall–Kier alpha value is -0.840. The van der Waals surface area contributed by atoms with E-state index in [2.05, 4.69) is 5.43 Å². The summed E-state index contributed by atoms with van der Waals surface area (Å²) in [6.45, 7) is 0. The van der Waals surface area contributed by atoms with Gasteiger partial charge in [0, 0.05) is 24.7 Å². The van der Waals surface area contributed by atoms with Crippen LogP contribution in [0.1, 0.15) is 5.56 Å². The number of nitrogens with one attached hydrogen (secondary N) is 1. The second-order valence-corrected chi connectivity index (χ2v) is 3.94. The number of hydrogen-bond acceptors (Lipinski definition) is 3. The first-order valence-electron chi connectivity index (χ1n) is 4.04. The van der Waals surface area contributed by atoms with Gasteiger partial charge in [0.15, 0.2) is 0 Å². The summed E-state index contributed by atoms with van der Waals surface area (Å²) in [7, 11) is 3.76. The molecular formula is C9H12ClN3S. The van der Waals surface area contributed by atoms with Gasteiger partial charge in [-0.15, -0.1) is 0 Å². The third-order valence-corrected chi connectivity index (χ3v) is 2.05. The molecule has 0 radical (unpaired) electrons. The number of anilines is 1. The van der Waals surface area contributed by atoms with Gasteiger partial charge in [-0.3, -0.25) is 0 Å². The van der Waals surface area contributed by atoms with Gasteiger partial charge >= 0.3 is 0 Å². The maximum absolute atomic E-state index is 5.86.